The Kier molecular flexibility index (Phi) is 4.91. The number of benzene rings is 2. The van der Waals surface area contributed by atoms with Gasteiger partial charge in [0.25, 0.3) is 5.56 Å². The molecule has 0 atom stereocenters. The summed E-state index contributed by atoms with van der Waals surface area (Å²) in [6.45, 7) is 3.95. The third-order valence-electron chi connectivity index (χ3n) is 4.48. The number of nitrogens with zero attached hydrogens (tertiary/aromatic N) is 3. The van der Waals surface area contributed by atoms with Crippen molar-refractivity contribution in [3.05, 3.63) is 87.2 Å². The molecule has 0 fully saturated rings. The Morgan fingerprint density at radius 3 is 2.50 bits per heavy atom. The molecule has 2 aromatic heterocycles. The maximum absolute atomic E-state index is 13.1. The van der Waals surface area contributed by atoms with Crippen molar-refractivity contribution in [3.63, 3.8) is 0 Å². The molecule has 0 amide bonds. The van der Waals surface area contributed by atoms with Crippen LogP contribution >= 0.6 is 23.4 Å². The number of rotatable bonds is 3. The van der Waals surface area contributed by atoms with Crippen LogP contribution in [-0.2, 0) is 0 Å². The fourth-order valence-corrected chi connectivity index (χ4v) is 3.98. The van der Waals surface area contributed by atoms with Gasteiger partial charge in [0, 0.05) is 15.5 Å². The molecule has 4 aromatic rings. The molecule has 0 saturated heterocycles. The van der Waals surface area contributed by atoms with Gasteiger partial charge < -0.3 is 0 Å². The molecule has 2 heterocycles. The SMILES string of the molecule is Cc1cc(Cl)c(-c2c(=O)ncn3nc(Sc4ccc(F)cc4)ccc23)cc1C. The number of hydrogen-bond acceptors (Lipinski definition) is 4. The van der Waals surface area contributed by atoms with Crippen LogP contribution in [0.3, 0.4) is 0 Å². The molecular formula is C21H15ClFN3OS. The first-order chi connectivity index (χ1) is 13.4. The molecule has 0 N–H and O–H groups in total. The van der Waals surface area contributed by atoms with Gasteiger partial charge in [-0.15, -0.1) is 0 Å². The van der Waals surface area contributed by atoms with Crippen LogP contribution in [0, 0.1) is 19.7 Å². The van der Waals surface area contributed by atoms with E-state index in [0.29, 0.717) is 26.7 Å². The Balaban J connectivity index is 1.83. The molecule has 0 spiro atoms. The first kappa shape index (κ1) is 18.7. The van der Waals surface area contributed by atoms with E-state index in [9.17, 15) is 9.18 Å². The van der Waals surface area contributed by atoms with Gasteiger partial charge in [-0.1, -0.05) is 23.4 Å². The van der Waals surface area contributed by atoms with Crippen LogP contribution in [0.15, 0.2) is 69.6 Å². The molecule has 2 aromatic carbocycles. The highest BCUT2D eigenvalue weighted by atomic mass is 35.5. The van der Waals surface area contributed by atoms with Crippen molar-refractivity contribution in [2.75, 3.05) is 0 Å². The molecule has 7 heteroatoms. The van der Waals surface area contributed by atoms with Crippen LogP contribution in [0.25, 0.3) is 16.6 Å². The average molecular weight is 412 g/mol. The van der Waals surface area contributed by atoms with Crippen LogP contribution in [0.4, 0.5) is 4.39 Å². The molecule has 0 aliphatic heterocycles. The molecule has 0 aliphatic rings. The number of hydrogen-bond donors (Lipinski definition) is 0. The fraction of sp³-hybridized carbons (Fsp3) is 0.0952. The highest BCUT2D eigenvalue weighted by Gasteiger charge is 2.15. The van der Waals surface area contributed by atoms with E-state index >= 15 is 0 Å². The zero-order valence-corrected chi connectivity index (χ0v) is 16.7. The Morgan fingerprint density at radius 1 is 1.04 bits per heavy atom. The summed E-state index contributed by atoms with van der Waals surface area (Å²) in [6, 6.07) is 13.6. The molecule has 0 bridgehead atoms. The van der Waals surface area contributed by atoms with E-state index in [0.717, 1.165) is 16.0 Å². The van der Waals surface area contributed by atoms with E-state index in [1.54, 1.807) is 16.6 Å². The van der Waals surface area contributed by atoms with Gasteiger partial charge in [-0.25, -0.2) is 8.91 Å². The minimum absolute atomic E-state index is 0.285. The standard InChI is InChI=1S/C21H15ClFN3OS/c1-12-9-16(17(22)10-13(12)2)20-18-7-8-19(25-26(18)11-24-21(20)27)28-15-5-3-14(23)4-6-15/h3-11H,1-2H3. The zero-order chi connectivity index (χ0) is 19.8. The normalized spacial score (nSPS) is 11.1. The fourth-order valence-electron chi connectivity index (χ4n) is 2.89. The lowest BCUT2D eigenvalue weighted by molar-refractivity contribution is 0.626. The molecule has 0 aliphatic carbocycles. The Morgan fingerprint density at radius 2 is 1.75 bits per heavy atom. The van der Waals surface area contributed by atoms with E-state index in [4.69, 9.17) is 11.6 Å². The smallest absolute Gasteiger partial charge is 0.267 e. The van der Waals surface area contributed by atoms with Gasteiger partial charge in [0.2, 0.25) is 0 Å². The monoisotopic (exact) mass is 411 g/mol. The van der Waals surface area contributed by atoms with E-state index in [1.807, 2.05) is 38.1 Å². The minimum Gasteiger partial charge on any atom is -0.267 e. The van der Waals surface area contributed by atoms with Crippen LogP contribution in [0.2, 0.25) is 5.02 Å². The van der Waals surface area contributed by atoms with Crippen molar-refractivity contribution in [2.24, 2.45) is 0 Å². The lowest BCUT2D eigenvalue weighted by atomic mass is 10.0. The van der Waals surface area contributed by atoms with E-state index in [1.165, 1.54) is 30.2 Å². The number of fused-ring (bicyclic) bond motifs is 1. The van der Waals surface area contributed by atoms with Crippen LogP contribution in [0.5, 0.6) is 0 Å². The summed E-state index contributed by atoms with van der Waals surface area (Å²) >= 11 is 7.82. The maximum atomic E-state index is 13.1. The third-order valence-corrected chi connectivity index (χ3v) is 5.73. The van der Waals surface area contributed by atoms with Gasteiger partial charge in [0.15, 0.2) is 0 Å². The summed E-state index contributed by atoms with van der Waals surface area (Å²) in [5.41, 5.74) is 3.41. The first-order valence-electron chi connectivity index (χ1n) is 8.51. The van der Waals surface area contributed by atoms with Crippen molar-refractivity contribution in [1.82, 2.24) is 14.6 Å². The van der Waals surface area contributed by atoms with E-state index in [-0.39, 0.29) is 11.4 Å². The highest BCUT2D eigenvalue weighted by Crippen LogP contribution is 2.32. The predicted octanol–water partition coefficient (Wildman–Crippen LogP) is 5.32. The van der Waals surface area contributed by atoms with Crippen LogP contribution in [-0.4, -0.2) is 14.6 Å². The largest absolute Gasteiger partial charge is 0.281 e. The van der Waals surface area contributed by atoms with Crippen molar-refractivity contribution in [3.8, 4) is 11.1 Å². The number of aromatic nitrogens is 3. The molecule has 140 valence electrons. The number of halogens is 2. The molecule has 0 radical (unpaired) electrons. The van der Waals surface area contributed by atoms with Gasteiger partial charge in [-0.3, -0.25) is 4.79 Å². The average Bonchev–Trinajstić information content (AvgIpc) is 2.67. The summed E-state index contributed by atoms with van der Waals surface area (Å²) in [5, 5.41) is 5.73. The summed E-state index contributed by atoms with van der Waals surface area (Å²) in [7, 11) is 0. The summed E-state index contributed by atoms with van der Waals surface area (Å²) in [4.78, 5) is 17.4. The molecule has 4 nitrogen and oxygen atoms in total. The molecule has 0 unspecified atom stereocenters. The van der Waals surface area contributed by atoms with Gasteiger partial charge in [-0.05, 0) is 73.5 Å². The van der Waals surface area contributed by atoms with Gasteiger partial charge in [0.1, 0.15) is 17.2 Å². The van der Waals surface area contributed by atoms with Crippen LogP contribution in [0.1, 0.15) is 11.1 Å². The third kappa shape index (κ3) is 3.53. The molecule has 0 saturated carbocycles. The van der Waals surface area contributed by atoms with Crippen LogP contribution < -0.4 is 5.56 Å². The van der Waals surface area contributed by atoms with Gasteiger partial charge in [0.05, 0.1) is 11.1 Å². The topological polar surface area (TPSA) is 47.3 Å². The summed E-state index contributed by atoms with van der Waals surface area (Å²) in [5.74, 6) is -0.285. The highest BCUT2D eigenvalue weighted by molar-refractivity contribution is 7.99. The first-order valence-corrected chi connectivity index (χ1v) is 9.71. The predicted molar refractivity (Wildman–Crippen MR) is 110 cm³/mol. The molecule has 4 rings (SSSR count). The van der Waals surface area contributed by atoms with E-state index < -0.39 is 0 Å². The summed E-state index contributed by atoms with van der Waals surface area (Å²) in [6.07, 6.45) is 1.39. The van der Waals surface area contributed by atoms with Crippen molar-refractivity contribution in [1.29, 1.82) is 0 Å². The second-order valence-electron chi connectivity index (χ2n) is 6.40. The number of aryl methyl sites for hydroxylation is 2. The maximum Gasteiger partial charge on any atom is 0.281 e. The van der Waals surface area contributed by atoms with Crippen molar-refractivity contribution < 1.29 is 4.39 Å². The second kappa shape index (κ2) is 7.37. The summed E-state index contributed by atoms with van der Waals surface area (Å²) < 4.78 is 14.6. The van der Waals surface area contributed by atoms with Gasteiger partial charge >= 0.3 is 0 Å². The molecule has 28 heavy (non-hydrogen) atoms. The zero-order valence-electron chi connectivity index (χ0n) is 15.1. The molecular weight excluding hydrogens is 397 g/mol. The Labute approximate surface area is 170 Å². The Hall–Kier alpha value is -2.70. The van der Waals surface area contributed by atoms with E-state index in [2.05, 4.69) is 10.1 Å². The quantitative estimate of drug-likeness (QED) is 0.458. The lowest BCUT2D eigenvalue weighted by Gasteiger charge is -2.11. The Bertz CT molecular complexity index is 1260. The van der Waals surface area contributed by atoms with Gasteiger partial charge in [-0.2, -0.15) is 10.1 Å². The second-order valence-corrected chi connectivity index (χ2v) is 7.90. The van der Waals surface area contributed by atoms with Crippen molar-refractivity contribution in [2.45, 2.75) is 23.8 Å². The van der Waals surface area contributed by atoms with Crippen molar-refractivity contribution >= 4 is 28.9 Å². The minimum atomic E-state index is -0.356. The lowest BCUT2D eigenvalue weighted by Crippen LogP contribution is -2.14.